The Morgan fingerprint density at radius 1 is 0.920 bits per heavy atom. The van der Waals surface area contributed by atoms with E-state index < -0.39 is 17.4 Å². The van der Waals surface area contributed by atoms with Crippen molar-refractivity contribution in [1.29, 1.82) is 0 Å². The Hall–Kier alpha value is -2.82. The van der Waals surface area contributed by atoms with Crippen LogP contribution in [0.25, 0.3) is 0 Å². The van der Waals surface area contributed by atoms with Gasteiger partial charge in [-0.2, -0.15) is 0 Å². The summed E-state index contributed by atoms with van der Waals surface area (Å²) in [6.45, 7) is 3.46. The molecule has 0 aliphatic carbocycles. The maximum Gasteiger partial charge on any atom is 0.338 e. The van der Waals surface area contributed by atoms with Gasteiger partial charge >= 0.3 is 11.9 Å². The molecule has 0 bridgehead atoms. The number of hydrogen-bond acceptors (Lipinski definition) is 5. The fourth-order valence-electron chi connectivity index (χ4n) is 2.03. The van der Waals surface area contributed by atoms with Crippen LogP contribution in [-0.4, -0.2) is 25.7 Å². The van der Waals surface area contributed by atoms with Gasteiger partial charge in [-0.3, -0.25) is 4.79 Å². The lowest BCUT2D eigenvalue weighted by Gasteiger charge is -2.22. The third kappa shape index (κ3) is 5.35. The molecular weight excluding hydrogens is 320 g/mol. The normalized spacial score (nSPS) is 10.8. The smallest absolute Gasteiger partial charge is 0.338 e. The van der Waals surface area contributed by atoms with Crippen LogP contribution in [0.2, 0.25) is 0 Å². The van der Waals surface area contributed by atoms with E-state index in [1.165, 1.54) is 0 Å². The molecule has 0 aliphatic rings. The molecule has 0 amide bonds. The molecule has 0 unspecified atom stereocenters. The zero-order chi connectivity index (χ0) is 18.3. The van der Waals surface area contributed by atoms with Crippen LogP contribution in [0.5, 0.6) is 5.75 Å². The lowest BCUT2D eigenvalue weighted by Crippen LogP contribution is -2.32. The number of rotatable bonds is 7. The topological polar surface area (TPSA) is 61.8 Å². The number of carbonyl (C=O) groups excluding carboxylic acids is 2. The lowest BCUT2D eigenvalue weighted by atomic mass is 9.95. The van der Waals surface area contributed by atoms with E-state index in [0.717, 1.165) is 11.3 Å². The third-order valence-corrected chi connectivity index (χ3v) is 3.66. The first kappa shape index (κ1) is 18.5. The van der Waals surface area contributed by atoms with Crippen LogP contribution in [0.3, 0.4) is 0 Å². The molecule has 0 heterocycles. The van der Waals surface area contributed by atoms with Crippen molar-refractivity contribution < 1.29 is 23.8 Å². The average Bonchev–Trinajstić information content (AvgIpc) is 2.65. The van der Waals surface area contributed by atoms with Gasteiger partial charge < -0.3 is 14.2 Å². The monoisotopic (exact) mass is 342 g/mol. The number of benzene rings is 2. The lowest BCUT2D eigenvalue weighted by molar-refractivity contribution is -0.157. The number of methoxy groups -OCH3 is 1. The van der Waals surface area contributed by atoms with E-state index in [1.807, 2.05) is 18.2 Å². The second-order valence-corrected chi connectivity index (χ2v) is 6.25. The molecule has 0 radical (unpaired) electrons. The molecule has 2 aromatic rings. The first-order chi connectivity index (χ1) is 11.9. The zero-order valence-corrected chi connectivity index (χ0v) is 14.7. The van der Waals surface area contributed by atoms with Crippen LogP contribution in [0, 0.1) is 5.41 Å². The van der Waals surface area contributed by atoms with Crippen LogP contribution < -0.4 is 4.74 Å². The molecule has 25 heavy (non-hydrogen) atoms. The standard InChI is InChI=1S/C20H22O5/c1-20(2,14-25-18(21)16-7-5-4-6-8-16)19(22)24-13-15-9-11-17(23-3)12-10-15/h4-12H,13-14H2,1-3H3. The van der Waals surface area contributed by atoms with Crippen LogP contribution in [0.15, 0.2) is 54.6 Å². The summed E-state index contributed by atoms with van der Waals surface area (Å²) in [7, 11) is 1.59. The maximum absolute atomic E-state index is 12.3. The second-order valence-electron chi connectivity index (χ2n) is 6.25. The molecule has 2 rings (SSSR count). The van der Waals surface area contributed by atoms with Crippen molar-refractivity contribution in [2.75, 3.05) is 13.7 Å². The Kier molecular flexibility index (Phi) is 6.17. The minimum absolute atomic E-state index is 0.0534. The number of ether oxygens (including phenoxy) is 3. The first-order valence-corrected chi connectivity index (χ1v) is 7.95. The summed E-state index contributed by atoms with van der Waals surface area (Å²) < 4.78 is 15.7. The second kappa shape index (κ2) is 8.33. The fraction of sp³-hybridized carbons (Fsp3) is 0.300. The highest BCUT2D eigenvalue weighted by atomic mass is 16.6. The summed E-state index contributed by atoms with van der Waals surface area (Å²) in [5, 5.41) is 0. The van der Waals surface area contributed by atoms with Crippen molar-refractivity contribution in [3.05, 3.63) is 65.7 Å². The molecule has 5 heteroatoms. The highest BCUT2D eigenvalue weighted by Crippen LogP contribution is 2.20. The Bertz CT molecular complexity index is 705. The van der Waals surface area contributed by atoms with E-state index in [0.29, 0.717) is 5.56 Å². The molecule has 2 aromatic carbocycles. The molecule has 0 spiro atoms. The Labute approximate surface area is 147 Å². The zero-order valence-electron chi connectivity index (χ0n) is 14.7. The van der Waals surface area contributed by atoms with Gasteiger partial charge in [-0.15, -0.1) is 0 Å². The van der Waals surface area contributed by atoms with Gasteiger partial charge in [0.25, 0.3) is 0 Å². The number of esters is 2. The Balaban J connectivity index is 1.85. The van der Waals surface area contributed by atoms with Gasteiger partial charge in [0.15, 0.2) is 0 Å². The van der Waals surface area contributed by atoms with Crippen molar-refractivity contribution in [1.82, 2.24) is 0 Å². The minimum Gasteiger partial charge on any atom is -0.497 e. The molecule has 0 aliphatic heterocycles. The predicted molar refractivity (Wildman–Crippen MR) is 93.3 cm³/mol. The van der Waals surface area contributed by atoms with Crippen LogP contribution >= 0.6 is 0 Å². The fourth-order valence-corrected chi connectivity index (χ4v) is 2.03. The van der Waals surface area contributed by atoms with Crippen molar-refractivity contribution in [2.45, 2.75) is 20.5 Å². The summed E-state index contributed by atoms with van der Waals surface area (Å²) in [5.74, 6) is -0.149. The van der Waals surface area contributed by atoms with Gasteiger partial charge in [-0.25, -0.2) is 4.79 Å². The largest absolute Gasteiger partial charge is 0.497 e. The van der Waals surface area contributed by atoms with E-state index in [9.17, 15) is 9.59 Å². The van der Waals surface area contributed by atoms with Gasteiger partial charge in [0.1, 0.15) is 19.0 Å². The highest BCUT2D eigenvalue weighted by Gasteiger charge is 2.31. The predicted octanol–water partition coefficient (Wildman–Crippen LogP) is 3.62. The summed E-state index contributed by atoms with van der Waals surface area (Å²) in [6.07, 6.45) is 0. The van der Waals surface area contributed by atoms with E-state index >= 15 is 0 Å². The van der Waals surface area contributed by atoms with E-state index in [-0.39, 0.29) is 13.2 Å². The molecule has 0 aromatic heterocycles. The molecule has 0 saturated heterocycles. The number of hydrogen-bond donors (Lipinski definition) is 0. The first-order valence-electron chi connectivity index (χ1n) is 7.95. The van der Waals surface area contributed by atoms with E-state index in [1.54, 1.807) is 57.4 Å². The summed E-state index contributed by atoms with van der Waals surface area (Å²) in [5.41, 5.74) is 0.368. The van der Waals surface area contributed by atoms with Crippen LogP contribution in [0.4, 0.5) is 0 Å². The van der Waals surface area contributed by atoms with Crippen LogP contribution in [0.1, 0.15) is 29.8 Å². The Morgan fingerprint density at radius 3 is 2.16 bits per heavy atom. The van der Waals surface area contributed by atoms with Crippen molar-refractivity contribution in [2.24, 2.45) is 5.41 Å². The van der Waals surface area contributed by atoms with Crippen molar-refractivity contribution in [3.63, 3.8) is 0 Å². The summed E-state index contributed by atoms with van der Waals surface area (Å²) in [4.78, 5) is 24.2. The Morgan fingerprint density at radius 2 is 1.56 bits per heavy atom. The van der Waals surface area contributed by atoms with Crippen molar-refractivity contribution >= 4 is 11.9 Å². The van der Waals surface area contributed by atoms with E-state index in [2.05, 4.69) is 0 Å². The SMILES string of the molecule is COc1ccc(COC(=O)C(C)(C)COC(=O)c2ccccc2)cc1. The van der Waals surface area contributed by atoms with Gasteiger partial charge in [-0.1, -0.05) is 30.3 Å². The third-order valence-electron chi connectivity index (χ3n) is 3.66. The molecule has 0 fully saturated rings. The maximum atomic E-state index is 12.3. The van der Waals surface area contributed by atoms with Crippen molar-refractivity contribution in [3.8, 4) is 5.75 Å². The van der Waals surface area contributed by atoms with Gasteiger partial charge in [-0.05, 0) is 43.7 Å². The van der Waals surface area contributed by atoms with Crippen LogP contribution in [-0.2, 0) is 20.9 Å². The van der Waals surface area contributed by atoms with Gasteiger partial charge in [0.05, 0.1) is 18.1 Å². The molecule has 0 atom stereocenters. The molecule has 132 valence electrons. The van der Waals surface area contributed by atoms with E-state index in [4.69, 9.17) is 14.2 Å². The summed E-state index contributed by atoms with van der Waals surface area (Å²) in [6, 6.07) is 15.9. The number of carbonyl (C=O) groups is 2. The minimum atomic E-state index is -0.934. The molecular formula is C20H22O5. The summed E-state index contributed by atoms with van der Waals surface area (Å²) >= 11 is 0. The average molecular weight is 342 g/mol. The quantitative estimate of drug-likeness (QED) is 0.719. The molecule has 0 N–H and O–H groups in total. The molecule has 0 saturated carbocycles. The van der Waals surface area contributed by atoms with Gasteiger partial charge in [0, 0.05) is 0 Å². The van der Waals surface area contributed by atoms with Gasteiger partial charge in [0.2, 0.25) is 0 Å². The molecule has 5 nitrogen and oxygen atoms in total. The highest BCUT2D eigenvalue weighted by molar-refractivity contribution is 5.89.